The van der Waals surface area contributed by atoms with Crippen LogP contribution in [0.2, 0.25) is 0 Å². The summed E-state index contributed by atoms with van der Waals surface area (Å²) in [5, 5.41) is 0. The third kappa shape index (κ3) is 5.92. The standard InChI is InChI=1S/2C20H23FN8O/c2*1-20(2)18-25-14-16(28(18)3-4-30-20)26-15(11-7-23-19(22)24-8-11)27-17(14)29-9-10-5-12(29)6-13(10)21/h2*7-8,10,12-13H,3-6,9H2,1-2H3,(H2,22,23,24)/t2*10?,12?,13-/m10/s1. The van der Waals surface area contributed by atoms with Crippen LogP contribution in [0.5, 0.6) is 0 Å². The average Bonchev–Trinajstić information content (AvgIpc) is 4.09. The Bertz CT molecular complexity index is 2470. The molecule has 10 heterocycles. The molecule has 2 aliphatic carbocycles. The van der Waals surface area contributed by atoms with Crippen molar-refractivity contribution in [2.45, 2.75) is 102 Å². The molecule has 60 heavy (non-hydrogen) atoms. The number of rotatable bonds is 4. The van der Waals surface area contributed by atoms with Crippen LogP contribution < -0.4 is 21.3 Å². The molecule has 0 spiro atoms. The highest BCUT2D eigenvalue weighted by Crippen LogP contribution is 2.46. The zero-order valence-electron chi connectivity index (χ0n) is 33.8. The molecule has 6 aromatic rings. The molecule has 312 valence electrons. The Morgan fingerprint density at radius 1 is 0.583 bits per heavy atom. The topological polar surface area (TPSA) is 216 Å². The highest BCUT2D eigenvalue weighted by atomic mass is 19.1. The SMILES string of the molecule is CC1(C)OCCn2c1nc1c(N3CC4CC3C[C@@H]4F)nc(-c3cnc(N)nc3)nc12.CC1(C)OCCn2c1nc1c(N3CC4CC3C[C@H]4F)nc(-c3cnc(N)nc3)nc12. The molecular weight excluding hydrogens is 775 g/mol. The second kappa shape index (κ2) is 13.4. The molecule has 4 N–H and O–H groups in total. The molecule has 0 radical (unpaired) electrons. The normalized spacial score (nSPS) is 27.0. The predicted molar refractivity (Wildman–Crippen MR) is 217 cm³/mol. The predicted octanol–water partition coefficient (Wildman–Crippen LogP) is 4.14. The number of imidazole rings is 2. The van der Waals surface area contributed by atoms with Gasteiger partial charge >= 0.3 is 0 Å². The van der Waals surface area contributed by atoms with Crippen LogP contribution in [-0.2, 0) is 33.8 Å². The highest BCUT2D eigenvalue weighted by molar-refractivity contribution is 5.88. The fourth-order valence-electron chi connectivity index (χ4n) is 10.1. The van der Waals surface area contributed by atoms with Gasteiger partial charge in [0.15, 0.2) is 45.6 Å². The number of nitrogen functional groups attached to an aromatic ring is 2. The number of nitrogens with two attached hydrogens (primary N) is 2. The van der Waals surface area contributed by atoms with Gasteiger partial charge in [-0.05, 0) is 53.4 Å². The van der Waals surface area contributed by atoms with Crippen molar-refractivity contribution in [3.8, 4) is 22.8 Å². The molecule has 0 amide bonds. The van der Waals surface area contributed by atoms with Gasteiger partial charge in [-0.3, -0.25) is 0 Å². The lowest BCUT2D eigenvalue weighted by Gasteiger charge is -2.30. The zero-order valence-corrected chi connectivity index (χ0v) is 33.8. The molecular formula is C40H46F2N16O2. The number of fused-ring (bicyclic) bond motifs is 10. The summed E-state index contributed by atoms with van der Waals surface area (Å²) in [5.41, 5.74) is 14.6. The van der Waals surface area contributed by atoms with E-state index in [1.54, 1.807) is 24.8 Å². The summed E-state index contributed by atoms with van der Waals surface area (Å²) in [6.45, 7) is 11.9. The first-order valence-corrected chi connectivity index (χ1v) is 20.6. The van der Waals surface area contributed by atoms with Crippen LogP contribution >= 0.6 is 0 Å². The minimum Gasteiger partial charge on any atom is -0.368 e. The number of hydrogen-bond donors (Lipinski definition) is 2. The molecule has 12 rings (SSSR count). The van der Waals surface area contributed by atoms with E-state index in [4.69, 9.17) is 50.8 Å². The van der Waals surface area contributed by atoms with Gasteiger partial charge in [-0.1, -0.05) is 0 Å². The van der Waals surface area contributed by atoms with Gasteiger partial charge in [0.25, 0.3) is 0 Å². The van der Waals surface area contributed by atoms with Crippen molar-refractivity contribution in [2.75, 3.05) is 47.6 Å². The van der Waals surface area contributed by atoms with Crippen LogP contribution in [0.25, 0.3) is 45.1 Å². The summed E-state index contributed by atoms with van der Waals surface area (Å²) in [7, 11) is 0. The fraction of sp³-hybridized carbons (Fsp3) is 0.550. The second-order valence-corrected chi connectivity index (χ2v) is 17.7. The third-order valence-electron chi connectivity index (χ3n) is 13.1. The van der Waals surface area contributed by atoms with Crippen LogP contribution in [0.4, 0.5) is 32.3 Å². The van der Waals surface area contributed by atoms with E-state index in [0.29, 0.717) is 75.0 Å². The molecule has 4 fully saturated rings. The highest BCUT2D eigenvalue weighted by Gasteiger charge is 2.48. The Morgan fingerprint density at radius 2 is 0.983 bits per heavy atom. The van der Waals surface area contributed by atoms with Crippen molar-refractivity contribution in [1.29, 1.82) is 0 Å². The van der Waals surface area contributed by atoms with Gasteiger partial charge in [-0.2, -0.15) is 0 Å². The minimum atomic E-state index is -0.726. The number of aromatic nitrogens is 12. The lowest BCUT2D eigenvalue weighted by molar-refractivity contribution is -0.0532. The summed E-state index contributed by atoms with van der Waals surface area (Å²) in [6.07, 6.45) is 7.85. The first kappa shape index (κ1) is 37.3. The number of anilines is 4. The monoisotopic (exact) mass is 820 g/mol. The molecule has 0 aromatic carbocycles. The van der Waals surface area contributed by atoms with Gasteiger partial charge < -0.3 is 39.9 Å². The van der Waals surface area contributed by atoms with E-state index in [-0.39, 0.29) is 35.8 Å². The molecule has 18 nitrogen and oxygen atoms in total. The maximum absolute atomic E-state index is 14.2. The van der Waals surface area contributed by atoms with E-state index in [1.807, 2.05) is 27.7 Å². The molecule has 20 heteroatoms. The smallest absolute Gasteiger partial charge is 0.219 e. The molecule has 2 saturated carbocycles. The maximum atomic E-state index is 14.2. The fourth-order valence-corrected chi connectivity index (χ4v) is 10.1. The van der Waals surface area contributed by atoms with Crippen molar-refractivity contribution in [2.24, 2.45) is 11.8 Å². The molecule has 6 aromatic heterocycles. The van der Waals surface area contributed by atoms with Gasteiger partial charge in [0.2, 0.25) is 11.9 Å². The van der Waals surface area contributed by atoms with Crippen molar-refractivity contribution in [3.63, 3.8) is 0 Å². The summed E-state index contributed by atoms with van der Waals surface area (Å²) in [6, 6.07) is 0.281. The van der Waals surface area contributed by atoms with Crippen molar-refractivity contribution < 1.29 is 18.3 Å². The summed E-state index contributed by atoms with van der Waals surface area (Å²) in [4.78, 5) is 50.0. The number of nitrogens with zero attached hydrogens (tertiary/aromatic N) is 14. The van der Waals surface area contributed by atoms with Gasteiger partial charge in [0.05, 0.1) is 24.3 Å². The number of alkyl halides is 2. The lowest BCUT2D eigenvalue weighted by atomic mass is 10.1. The van der Waals surface area contributed by atoms with Gasteiger partial charge in [-0.15, -0.1) is 0 Å². The Morgan fingerprint density at radius 3 is 1.33 bits per heavy atom. The van der Waals surface area contributed by atoms with E-state index in [2.05, 4.69) is 38.9 Å². The molecule has 4 bridgehead atoms. The van der Waals surface area contributed by atoms with E-state index in [9.17, 15) is 8.78 Å². The van der Waals surface area contributed by atoms with Gasteiger partial charge in [0.1, 0.15) is 35.2 Å². The Hall–Kier alpha value is -5.76. The van der Waals surface area contributed by atoms with Crippen LogP contribution in [0.15, 0.2) is 24.8 Å². The quantitative estimate of drug-likeness (QED) is 0.256. The maximum Gasteiger partial charge on any atom is 0.219 e. The minimum absolute atomic E-state index is 0.0559. The Labute approximate surface area is 343 Å². The largest absolute Gasteiger partial charge is 0.368 e. The Kier molecular flexibility index (Phi) is 8.30. The second-order valence-electron chi connectivity index (χ2n) is 17.7. The number of piperidine rings is 2. The van der Waals surface area contributed by atoms with Crippen molar-refractivity contribution in [3.05, 3.63) is 36.4 Å². The van der Waals surface area contributed by atoms with E-state index in [1.165, 1.54) is 0 Å². The molecule has 4 aliphatic heterocycles. The average molecular weight is 821 g/mol. The molecule has 6 atom stereocenters. The molecule has 4 unspecified atom stereocenters. The van der Waals surface area contributed by atoms with Gasteiger partial charge in [0, 0.05) is 74.9 Å². The van der Waals surface area contributed by atoms with E-state index < -0.39 is 23.5 Å². The number of halogens is 2. The molecule has 2 saturated heterocycles. The number of hydrogen-bond acceptors (Lipinski definition) is 16. The summed E-state index contributed by atoms with van der Waals surface area (Å²) in [5.74, 6) is 4.72. The van der Waals surface area contributed by atoms with Crippen LogP contribution in [0.1, 0.15) is 65.0 Å². The summed E-state index contributed by atoms with van der Waals surface area (Å²) >= 11 is 0. The van der Waals surface area contributed by atoms with Crippen LogP contribution in [0, 0.1) is 11.8 Å². The van der Waals surface area contributed by atoms with Crippen LogP contribution in [0.3, 0.4) is 0 Å². The molecule has 6 aliphatic rings. The van der Waals surface area contributed by atoms with E-state index >= 15 is 0 Å². The Balaban J connectivity index is 0.000000136. The van der Waals surface area contributed by atoms with Crippen molar-refractivity contribution >= 4 is 45.9 Å². The lowest BCUT2D eigenvalue weighted by Crippen LogP contribution is -2.37. The number of ether oxygens (including phenoxy) is 2. The third-order valence-corrected chi connectivity index (χ3v) is 13.1. The zero-order chi connectivity index (χ0) is 41.2. The van der Waals surface area contributed by atoms with Gasteiger partial charge in [-0.25, -0.2) is 58.6 Å². The first-order valence-electron chi connectivity index (χ1n) is 20.6. The van der Waals surface area contributed by atoms with E-state index in [0.717, 1.165) is 58.5 Å². The first-order chi connectivity index (χ1) is 28.8. The van der Waals surface area contributed by atoms with Crippen molar-refractivity contribution in [1.82, 2.24) is 59.0 Å². The summed E-state index contributed by atoms with van der Waals surface area (Å²) < 4.78 is 44.5. The van der Waals surface area contributed by atoms with Crippen LogP contribution in [-0.4, -0.2) is 110 Å².